The van der Waals surface area contributed by atoms with Crippen LogP contribution in [0, 0.1) is 11.8 Å². The molecule has 0 aliphatic carbocycles. The summed E-state index contributed by atoms with van der Waals surface area (Å²) in [6.07, 6.45) is -0.213. The molecule has 2 heterocycles. The van der Waals surface area contributed by atoms with Gasteiger partial charge in [0, 0.05) is 19.6 Å². The van der Waals surface area contributed by atoms with Gasteiger partial charge in [-0.15, -0.1) is 5.10 Å². The Kier molecular flexibility index (Phi) is 10.7. The maximum Gasteiger partial charge on any atom is 0.410 e. The number of aromatic nitrogens is 3. The monoisotopic (exact) mass is 605 g/mol. The van der Waals surface area contributed by atoms with Crippen molar-refractivity contribution in [2.45, 2.75) is 65.9 Å². The van der Waals surface area contributed by atoms with Gasteiger partial charge in [-0.2, -0.15) is 0 Å². The van der Waals surface area contributed by atoms with E-state index in [1.165, 1.54) is 12.0 Å². The Morgan fingerprint density at radius 3 is 2.25 bits per heavy atom. The molecule has 0 spiro atoms. The maximum atomic E-state index is 14.4. The molecule has 1 saturated heterocycles. The summed E-state index contributed by atoms with van der Waals surface area (Å²) in [6.45, 7) is 10.5. The number of esters is 1. The SMILES string of the molecule is COC(=O)[C@@H]1C[C@H](N(CC(C)C)C(=O)c2nnn(-c3ccccc3)c2COCc2ccccc2)CN(C(=O)OC(C)(C)C)C1. The summed E-state index contributed by atoms with van der Waals surface area (Å²) in [5, 5.41) is 8.72. The molecule has 1 aliphatic rings. The standard InChI is InChI=1S/C33H43N5O6/c1-23(2)18-37(27-17-25(31(40)42-6)19-36(20-27)32(41)44-33(3,4)5)30(39)29-28(22-43-21-24-13-9-7-10-14-24)38(35-34-29)26-15-11-8-12-16-26/h7-16,23,25,27H,17-22H2,1-6H3/t25-,27+/m1/s1. The van der Waals surface area contributed by atoms with Crippen molar-refractivity contribution in [3.05, 3.63) is 77.6 Å². The fourth-order valence-corrected chi connectivity index (χ4v) is 5.25. The van der Waals surface area contributed by atoms with Gasteiger partial charge in [0.05, 0.1) is 38.0 Å². The van der Waals surface area contributed by atoms with Crippen molar-refractivity contribution in [2.75, 3.05) is 26.7 Å². The van der Waals surface area contributed by atoms with Crippen LogP contribution in [0.1, 0.15) is 62.8 Å². The van der Waals surface area contributed by atoms with Gasteiger partial charge in [-0.25, -0.2) is 9.48 Å². The molecule has 2 amide bonds. The Balaban J connectivity index is 1.68. The molecule has 0 unspecified atom stereocenters. The third-order valence-electron chi connectivity index (χ3n) is 7.20. The second-order valence-corrected chi connectivity index (χ2v) is 12.5. The number of piperidine rings is 1. The number of ether oxygens (including phenoxy) is 3. The molecule has 0 N–H and O–H groups in total. The summed E-state index contributed by atoms with van der Waals surface area (Å²) >= 11 is 0. The van der Waals surface area contributed by atoms with Crippen molar-refractivity contribution in [3.8, 4) is 5.69 Å². The highest BCUT2D eigenvalue weighted by Gasteiger charge is 2.41. The molecule has 4 rings (SSSR count). The Labute approximate surface area is 259 Å². The van der Waals surface area contributed by atoms with E-state index < -0.39 is 29.6 Å². The summed E-state index contributed by atoms with van der Waals surface area (Å²) in [5.74, 6) is -1.32. The van der Waals surface area contributed by atoms with Gasteiger partial charge in [-0.05, 0) is 50.8 Å². The minimum Gasteiger partial charge on any atom is -0.469 e. The van der Waals surface area contributed by atoms with E-state index in [4.69, 9.17) is 14.2 Å². The Morgan fingerprint density at radius 1 is 0.977 bits per heavy atom. The van der Waals surface area contributed by atoms with E-state index in [9.17, 15) is 14.4 Å². The van der Waals surface area contributed by atoms with Gasteiger partial charge in [0.2, 0.25) is 0 Å². The van der Waals surface area contributed by atoms with Crippen LogP contribution in [0.3, 0.4) is 0 Å². The van der Waals surface area contributed by atoms with E-state index in [-0.39, 0.29) is 37.2 Å². The first kappa shape index (κ1) is 32.7. The first-order chi connectivity index (χ1) is 21.0. The topological polar surface area (TPSA) is 116 Å². The van der Waals surface area contributed by atoms with E-state index in [1.807, 2.05) is 74.5 Å². The van der Waals surface area contributed by atoms with Crippen molar-refractivity contribution in [1.82, 2.24) is 24.8 Å². The number of nitrogens with zero attached hydrogens (tertiary/aromatic N) is 5. The summed E-state index contributed by atoms with van der Waals surface area (Å²) in [4.78, 5) is 43.5. The average molecular weight is 606 g/mol. The molecule has 236 valence electrons. The highest BCUT2D eigenvalue weighted by Crippen LogP contribution is 2.27. The van der Waals surface area contributed by atoms with E-state index in [2.05, 4.69) is 10.3 Å². The van der Waals surface area contributed by atoms with Gasteiger partial charge in [0.15, 0.2) is 5.69 Å². The zero-order valence-electron chi connectivity index (χ0n) is 26.4. The second-order valence-electron chi connectivity index (χ2n) is 12.5. The number of carbonyl (C=O) groups is 3. The molecular formula is C33H43N5O6. The lowest BCUT2D eigenvalue weighted by molar-refractivity contribution is -0.148. The molecule has 2 aromatic carbocycles. The molecule has 11 heteroatoms. The molecule has 1 aliphatic heterocycles. The number of carbonyl (C=O) groups excluding carboxylic acids is 3. The van der Waals surface area contributed by atoms with Crippen LogP contribution in [-0.4, -0.2) is 81.2 Å². The van der Waals surface area contributed by atoms with E-state index in [0.29, 0.717) is 25.3 Å². The number of hydrogen-bond acceptors (Lipinski definition) is 8. The minimum absolute atomic E-state index is 0.0901. The van der Waals surface area contributed by atoms with Crippen molar-refractivity contribution in [1.29, 1.82) is 0 Å². The van der Waals surface area contributed by atoms with Crippen molar-refractivity contribution in [3.63, 3.8) is 0 Å². The number of amides is 2. The number of para-hydroxylation sites is 1. The van der Waals surface area contributed by atoms with Gasteiger partial charge in [0.1, 0.15) is 11.3 Å². The summed E-state index contributed by atoms with van der Waals surface area (Å²) in [6, 6.07) is 18.7. The molecule has 0 bridgehead atoms. The first-order valence-corrected chi connectivity index (χ1v) is 14.9. The number of methoxy groups -OCH3 is 1. The van der Waals surface area contributed by atoms with Crippen LogP contribution in [0.5, 0.6) is 0 Å². The molecule has 1 aromatic heterocycles. The van der Waals surface area contributed by atoms with Crippen LogP contribution in [0.25, 0.3) is 5.69 Å². The van der Waals surface area contributed by atoms with Crippen molar-refractivity contribution < 1.29 is 28.6 Å². The molecule has 1 fully saturated rings. The quantitative estimate of drug-likeness (QED) is 0.300. The minimum atomic E-state index is -0.719. The second kappa shape index (κ2) is 14.5. The van der Waals surface area contributed by atoms with Crippen molar-refractivity contribution in [2.24, 2.45) is 11.8 Å². The molecule has 44 heavy (non-hydrogen) atoms. The Bertz CT molecular complexity index is 1400. The zero-order chi connectivity index (χ0) is 31.9. The van der Waals surface area contributed by atoms with Crippen LogP contribution in [0.15, 0.2) is 60.7 Å². The van der Waals surface area contributed by atoms with Crippen LogP contribution in [0.2, 0.25) is 0 Å². The molecular weight excluding hydrogens is 562 g/mol. The molecule has 0 saturated carbocycles. The third kappa shape index (κ3) is 8.43. The number of likely N-dealkylation sites (tertiary alicyclic amines) is 1. The molecule has 0 radical (unpaired) electrons. The van der Waals surface area contributed by atoms with E-state index in [0.717, 1.165) is 11.3 Å². The highest BCUT2D eigenvalue weighted by molar-refractivity contribution is 5.94. The normalized spacial score (nSPS) is 16.9. The predicted molar refractivity (Wildman–Crippen MR) is 164 cm³/mol. The molecule has 11 nitrogen and oxygen atoms in total. The fraction of sp³-hybridized carbons (Fsp3) is 0.485. The van der Waals surface area contributed by atoms with Gasteiger partial charge in [-0.1, -0.05) is 67.6 Å². The highest BCUT2D eigenvalue weighted by atomic mass is 16.6. The van der Waals surface area contributed by atoms with E-state index in [1.54, 1.807) is 30.4 Å². The van der Waals surface area contributed by atoms with Crippen LogP contribution >= 0.6 is 0 Å². The van der Waals surface area contributed by atoms with Crippen LogP contribution < -0.4 is 0 Å². The van der Waals surface area contributed by atoms with E-state index >= 15 is 0 Å². The smallest absolute Gasteiger partial charge is 0.410 e. The van der Waals surface area contributed by atoms with Gasteiger partial charge in [-0.3, -0.25) is 9.59 Å². The fourth-order valence-electron chi connectivity index (χ4n) is 5.25. The lowest BCUT2D eigenvalue weighted by atomic mass is 9.92. The Morgan fingerprint density at radius 2 is 1.64 bits per heavy atom. The van der Waals surface area contributed by atoms with Crippen LogP contribution in [0.4, 0.5) is 4.79 Å². The third-order valence-corrected chi connectivity index (χ3v) is 7.20. The molecule has 3 aromatic rings. The van der Waals surface area contributed by atoms with Crippen LogP contribution in [-0.2, 0) is 32.2 Å². The van der Waals surface area contributed by atoms with Gasteiger partial charge >= 0.3 is 12.1 Å². The zero-order valence-corrected chi connectivity index (χ0v) is 26.4. The van der Waals surface area contributed by atoms with Gasteiger partial charge < -0.3 is 24.0 Å². The summed E-state index contributed by atoms with van der Waals surface area (Å²) in [5.41, 5.74) is 1.69. The maximum absolute atomic E-state index is 14.4. The largest absolute Gasteiger partial charge is 0.469 e. The first-order valence-electron chi connectivity index (χ1n) is 14.9. The average Bonchev–Trinajstić information content (AvgIpc) is 3.42. The van der Waals surface area contributed by atoms with Crippen molar-refractivity contribution >= 4 is 18.0 Å². The Hall–Kier alpha value is -4.25. The summed E-state index contributed by atoms with van der Waals surface area (Å²) < 4.78 is 18.4. The predicted octanol–water partition coefficient (Wildman–Crippen LogP) is 4.88. The van der Waals surface area contributed by atoms with Gasteiger partial charge in [0.25, 0.3) is 5.91 Å². The lowest BCUT2D eigenvalue weighted by Crippen LogP contribution is -2.57. The lowest BCUT2D eigenvalue weighted by Gasteiger charge is -2.42. The molecule has 2 atom stereocenters. The number of hydrogen-bond donors (Lipinski definition) is 0. The summed E-state index contributed by atoms with van der Waals surface area (Å²) in [7, 11) is 1.32. The number of benzene rings is 2. The number of rotatable bonds is 10.